The molecule has 0 saturated heterocycles. The molecule has 1 N–H and O–H groups in total. The highest BCUT2D eigenvalue weighted by Crippen LogP contribution is 2.18. The molecule has 4 aromatic rings. The SMILES string of the molecule is Cc1cc2ccccc2o1.O=C(O)c1cc2ccccc2o1. The van der Waals surface area contributed by atoms with Crippen molar-refractivity contribution in [3.05, 3.63) is 72.2 Å². The molecule has 0 unspecified atom stereocenters. The summed E-state index contributed by atoms with van der Waals surface area (Å²) >= 11 is 0. The molecule has 2 aromatic heterocycles. The smallest absolute Gasteiger partial charge is 0.371 e. The third-order valence-corrected chi connectivity index (χ3v) is 3.19. The highest BCUT2D eigenvalue weighted by Gasteiger charge is 2.08. The molecule has 4 heteroatoms. The topological polar surface area (TPSA) is 63.6 Å². The zero-order valence-corrected chi connectivity index (χ0v) is 11.9. The van der Waals surface area contributed by atoms with E-state index < -0.39 is 5.97 Å². The van der Waals surface area contributed by atoms with Gasteiger partial charge in [-0.1, -0.05) is 36.4 Å². The van der Waals surface area contributed by atoms with Crippen molar-refractivity contribution in [2.75, 3.05) is 0 Å². The summed E-state index contributed by atoms with van der Waals surface area (Å²) in [6.07, 6.45) is 0. The van der Waals surface area contributed by atoms with E-state index in [-0.39, 0.29) is 5.76 Å². The van der Waals surface area contributed by atoms with Crippen LogP contribution in [-0.2, 0) is 0 Å². The van der Waals surface area contributed by atoms with Gasteiger partial charge in [0.1, 0.15) is 16.9 Å². The molecule has 2 aromatic carbocycles. The highest BCUT2D eigenvalue weighted by molar-refractivity contribution is 5.91. The van der Waals surface area contributed by atoms with Crippen LogP contribution >= 0.6 is 0 Å². The van der Waals surface area contributed by atoms with E-state index in [9.17, 15) is 4.79 Å². The molecule has 110 valence electrons. The summed E-state index contributed by atoms with van der Waals surface area (Å²) in [5.41, 5.74) is 1.58. The van der Waals surface area contributed by atoms with E-state index in [1.165, 1.54) is 11.5 Å². The van der Waals surface area contributed by atoms with Gasteiger partial charge >= 0.3 is 5.97 Å². The van der Waals surface area contributed by atoms with Crippen LogP contribution in [0.3, 0.4) is 0 Å². The molecule has 0 aliphatic rings. The van der Waals surface area contributed by atoms with Crippen molar-refractivity contribution in [2.24, 2.45) is 0 Å². The summed E-state index contributed by atoms with van der Waals surface area (Å²) in [7, 11) is 0. The number of rotatable bonds is 1. The van der Waals surface area contributed by atoms with Gasteiger partial charge in [-0.3, -0.25) is 0 Å². The van der Waals surface area contributed by atoms with Crippen LogP contribution in [0.4, 0.5) is 0 Å². The Morgan fingerprint density at radius 2 is 1.41 bits per heavy atom. The lowest BCUT2D eigenvalue weighted by atomic mass is 10.2. The van der Waals surface area contributed by atoms with Gasteiger partial charge < -0.3 is 13.9 Å². The van der Waals surface area contributed by atoms with Crippen molar-refractivity contribution in [3.63, 3.8) is 0 Å². The maximum Gasteiger partial charge on any atom is 0.371 e. The van der Waals surface area contributed by atoms with E-state index in [0.29, 0.717) is 5.58 Å². The minimum Gasteiger partial charge on any atom is -0.475 e. The van der Waals surface area contributed by atoms with Crippen molar-refractivity contribution in [3.8, 4) is 0 Å². The minimum atomic E-state index is -1.04. The maximum absolute atomic E-state index is 10.5. The molecule has 0 spiro atoms. The van der Waals surface area contributed by atoms with Gasteiger partial charge in [0.25, 0.3) is 0 Å². The molecule has 22 heavy (non-hydrogen) atoms. The van der Waals surface area contributed by atoms with Crippen molar-refractivity contribution in [1.82, 2.24) is 0 Å². The van der Waals surface area contributed by atoms with Crippen LogP contribution in [0.2, 0.25) is 0 Å². The Kier molecular flexibility index (Phi) is 3.66. The van der Waals surface area contributed by atoms with Crippen molar-refractivity contribution in [1.29, 1.82) is 0 Å². The predicted molar refractivity (Wildman–Crippen MR) is 84.1 cm³/mol. The third kappa shape index (κ3) is 2.86. The Morgan fingerprint density at radius 1 is 0.864 bits per heavy atom. The van der Waals surface area contributed by atoms with E-state index in [4.69, 9.17) is 13.9 Å². The number of carboxylic acid groups (broad SMARTS) is 1. The van der Waals surface area contributed by atoms with Crippen molar-refractivity contribution >= 4 is 27.9 Å². The molecule has 2 heterocycles. The summed E-state index contributed by atoms with van der Waals surface area (Å²) in [6, 6.07) is 18.7. The van der Waals surface area contributed by atoms with Crippen LogP contribution < -0.4 is 0 Å². The molecule has 0 radical (unpaired) electrons. The average Bonchev–Trinajstić information content (AvgIpc) is 3.09. The molecule has 0 aliphatic carbocycles. The summed E-state index contributed by atoms with van der Waals surface area (Å²) in [4.78, 5) is 10.5. The van der Waals surface area contributed by atoms with Crippen LogP contribution in [0, 0.1) is 6.92 Å². The van der Waals surface area contributed by atoms with Gasteiger partial charge in [0.15, 0.2) is 0 Å². The number of carboxylic acids is 1. The second kappa shape index (κ2) is 5.77. The molecular weight excluding hydrogens is 280 g/mol. The Balaban J connectivity index is 0.000000133. The predicted octanol–water partition coefficient (Wildman–Crippen LogP) is 4.87. The van der Waals surface area contributed by atoms with E-state index in [1.807, 2.05) is 49.4 Å². The lowest BCUT2D eigenvalue weighted by molar-refractivity contribution is 0.0665. The lowest BCUT2D eigenvalue weighted by Gasteiger charge is -1.83. The quantitative estimate of drug-likeness (QED) is 0.544. The maximum atomic E-state index is 10.5. The fourth-order valence-corrected chi connectivity index (χ4v) is 2.20. The molecule has 0 bridgehead atoms. The number of benzene rings is 2. The molecular formula is C18H14O4. The Hall–Kier alpha value is -3.01. The van der Waals surface area contributed by atoms with Gasteiger partial charge in [0, 0.05) is 10.8 Å². The van der Waals surface area contributed by atoms with E-state index in [2.05, 4.69) is 0 Å². The van der Waals surface area contributed by atoms with Gasteiger partial charge in [0.05, 0.1) is 0 Å². The Morgan fingerprint density at radius 3 is 1.95 bits per heavy atom. The molecule has 4 rings (SSSR count). The first-order chi connectivity index (χ1) is 10.6. The summed E-state index contributed by atoms with van der Waals surface area (Å²) < 4.78 is 10.4. The molecule has 0 amide bonds. The minimum absolute atomic E-state index is 0.0174. The average molecular weight is 294 g/mol. The Labute approximate surface area is 126 Å². The number of hydrogen-bond acceptors (Lipinski definition) is 3. The van der Waals surface area contributed by atoms with E-state index >= 15 is 0 Å². The lowest BCUT2D eigenvalue weighted by Crippen LogP contribution is -1.91. The molecule has 0 fully saturated rings. The zero-order chi connectivity index (χ0) is 15.5. The first kappa shape index (κ1) is 13.9. The van der Waals surface area contributed by atoms with Crippen LogP contribution in [0.25, 0.3) is 21.9 Å². The molecule has 0 atom stereocenters. The number of aryl methyl sites for hydroxylation is 1. The standard InChI is InChI=1S/C9H6O3.C9H8O/c10-9(11)8-5-6-3-1-2-4-7(6)12-8;1-7-6-8-4-2-3-5-9(8)10-7/h1-5H,(H,10,11);2-6H,1H3. The fourth-order valence-electron chi connectivity index (χ4n) is 2.20. The fraction of sp³-hybridized carbons (Fsp3) is 0.0556. The van der Waals surface area contributed by atoms with Crippen LogP contribution in [0.15, 0.2) is 69.5 Å². The van der Waals surface area contributed by atoms with Gasteiger partial charge in [-0.2, -0.15) is 0 Å². The summed E-state index contributed by atoms with van der Waals surface area (Å²) in [5, 5.41) is 10.6. The molecule has 0 aliphatic heterocycles. The molecule has 0 saturated carbocycles. The van der Waals surface area contributed by atoms with Crippen molar-refractivity contribution < 1.29 is 18.7 Å². The number of hydrogen-bond donors (Lipinski definition) is 1. The largest absolute Gasteiger partial charge is 0.475 e. The number of fused-ring (bicyclic) bond motifs is 2. The second-order valence-electron chi connectivity index (χ2n) is 4.85. The number of aromatic carboxylic acids is 1. The van der Waals surface area contributed by atoms with E-state index in [0.717, 1.165) is 16.7 Å². The zero-order valence-electron chi connectivity index (χ0n) is 11.9. The summed E-state index contributed by atoms with van der Waals surface area (Å²) in [5.74, 6) is -0.0800. The summed E-state index contributed by atoms with van der Waals surface area (Å²) in [6.45, 7) is 1.96. The normalized spacial score (nSPS) is 10.4. The first-order valence-corrected chi connectivity index (χ1v) is 6.80. The first-order valence-electron chi connectivity index (χ1n) is 6.80. The second-order valence-corrected chi connectivity index (χ2v) is 4.85. The number of para-hydroxylation sites is 2. The third-order valence-electron chi connectivity index (χ3n) is 3.19. The Bertz CT molecular complexity index is 864. The van der Waals surface area contributed by atoms with Crippen LogP contribution in [0.5, 0.6) is 0 Å². The van der Waals surface area contributed by atoms with Gasteiger partial charge in [0.2, 0.25) is 5.76 Å². The highest BCUT2D eigenvalue weighted by atomic mass is 16.4. The van der Waals surface area contributed by atoms with E-state index in [1.54, 1.807) is 12.1 Å². The van der Waals surface area contributed by atoms with Gasteiger partial charge in [-0.25, -0.2) is 4.79 Å². The van der Waals surface area contributed by atoms with Gasteiger partial charge in [-0.05, 0) is 31.2 Å². The molecule has 4 nitrogen and oxygen atoms in total. The number of furan rings is 2. The monoisotopic (exact) mass is 294 g/mol. The van der Waals surface area contributed by atoms with Crippen LogP contribution in [0.1, 0.15) is 16.3 Å². The number of carbonyl (C=O) groups is 1. The van der Waals surface area contributed by atoms with Crippen molar-refractivity contribution in [2.45, 2.75) is 6.92 Å². The van der Waals surface area contributed by atoms with Crippen LogP contribution in [-0.4, -0.2) is 11.1 Å². The van der Waals surface area contributed by atoms with Gasteiger partial charge in [-0.15, -0.1) is 0 Å².